The second kappa shape index (κ2) is 8.26. The lowest BCUT2D eigenvalue weighted by molar-refractivity contribution is -0.131. The summed E-state index contributed by atoms with van der Waals surface area (Å²) < 4.78 is 4.92. The van der Waals surface area contributed by atoms with Gasteiger partial charge < -0.3 is 15.2 Å². The number of esters is 1. The monoisotopic (exact) mass is 265 g/mol. The highest BCUT2D eigenvalue weighted by Gasteiger charge is 2.06. The van der Waals surface area contributed by atoms with Crippen LogP contribution in [-0.4, -0.2) is 30.1 Å². The second-order valence-electron chi connectivity index (χ2n) is 4.16. The van der Waals surface area contributed by atoms with Crippen LogP contribution in [0.3, 0.4) is 0 Å². The molecule has 0 fully saturated rings. The van der Waals surface area contributed by atoms with Crippen LogP contribution < -0.4 is 10.1 Å². The van der Waals surface area contributed by atoms with Crippen molar-refractivity contribution in [3.8, 4) is 5.75 Å². The van der Waals surface area contributed by atoms with Gasteiger partial charge in [-0.15, -0.1) is 0 Å². The van der Waals surface area contributed by atoms with Gasteiger partial charge in [-0.3, -0.25) is 9.59 Å². The van der Waals surface area contributed by atoms with E-state index in [1.807, 2.05) is 0 Å². The third-order valence-corrected chi connectivity index (χ3v) is 2.48. The molecule has 0 bridgehead atoms. The van der Waals surface area contributed by atoms with E-state index in [2.05, 4.69) is 5.32 Å². The topological polar surface area (TPSA) is 75.6 Å². The summed E-state index contributed by atoms with van der Waals surface area (Å²) in [5.74, 6) is -0.250. The largest absolute Gasteiger partial charge is 0.427 e. The Balaban J connectivity index is 2.45. The second-order valence-corrected chi connectivity index (χ2v) is 4.16. The number of rotatable bonds is 7. The number of carbonyl (C=O) groups is 2. The van der Waals surface area contributed by atoms with Gasteiger partial charge in [-0.2, -0.15) is 0 Å². The molecule has 0 radical (unpaired) electrons. The van der Waals surface area contributed by atoms with E-state index in [1.165, 1.54) is 13.0 Å². The van der Waals surface area contributed by atoms with Crippen LogP contribution in [0.5, 0.6) is 5.75 Å². The Morgan fingerprint density at radius 1 is 1.26 bits per heavy atom. The minimum Gasteiger partial charge on any atom is -0.427 e. The predicted octanol–water partition coefficient (Wildman–Crippen LogP) is 1.50. The van der Waals surface area contributed by atoms with Crippen molar-refractivity contribution in [2.75, 3.05) is 13.2 Å². The van der Waals surface area contributed by atoms with E-state index in [0.29, 0.717) is 17.9 Å². The zero-order valence-electron chi connectivity index (χ0n) is 11.0. The summed E-state index contributed by atoms with van der Waals surface area (Å²) in [6.45, 7) is 2.06. The van der Waals surface area contributed by atoms with Crippen LogP contribution in [0, 0.1) is 0 Å². The smallest absolute Gasteiger partial charge is 0.308 e. The summed E-state index contributed by atoms with van der Waals surface area (Å²) in [4.78, 5) is 22.6. The number of benzene rings is 1. The van der Waals surface area contributed by atoms with Gasteiger partial charge in [-0.05, 0) is 37.5 Å². The molecule has 0 aliphatic rings. The Labute approximate surface area is 112 Å². The van der Waals surface area contributed by atoms with Crippen molar-refractivity contribution < 1.29 is 19.4 Å². The molecule has 5 heteroatoms. The Kier molecular flexibility index (Phi) is 6.60. The molecule has 19 heavy (non-hydrogen) atoms. The molecule has 0 atom stereocenters. The van der Waals surface area contributed by atoms with E-state index in [-0.39, 0.29) is 12.5 Å². The van der Waals surface area contributed by atoms with Crippen LogP contribution in [0.25, 0.3) is 0 Å². The Morgan fingerprint density at radius 2 is 2.05 bits per heavy atom. The normalized spacial score (nSPS) is 10.0. The maximum Gasteiger partial charge on any atom is 0.308 e. The van der Waals surface area contributed by atoms with Gasteiger partial charge in [-0.1, -0.05) is 6.07 Å². The van der Waals surface area contributed by atoms with E-state index >= 15 is 0 Å². The fraction of sp³-hybridized carbons (Fsp3) is 0.429. The number of aliphatic hydroxyl groups is 1. The van der Waals surface area contributed by atoms with Gasteiger partial charge in [0, 0.05) is 25.6 Å². The first-order valence-corrected chi connectivity index (χ1v) is 6.31. The van der Waals surface area contributed by atoms with Crippen molar-refractivity contribution in [3.05, 3.63) is 29.8 Å². The third-order valence-electron chi connectivity index (χ3n) is 2.48. The lowest BCUT2D eigenvalue weighted by atomic mass is 10.2. The zero-order chi connectivity index (χ0) is 14.1. The number of hydrogen-bond acceptors (Lipinski definition) is 4. The summed E-state index contributed by atoms with van der Waals surface area (Å²) in [7, 11) is 0. The van der Waals surface area contributed by atoms with Gasteiger partial charge in [0.25, 0.3) is 5.91 Å². The molecule has 0 unspecified atom stereocenters. The van der Waals surface area contributed by atoms with Gasteiger partial charge in [0.1, 0.15) is 5.75 Å². The average molecular weight is 265 g/mol. The summed E-state index contributed by atoms with van der Waals surface area (Å²) in [5, 5.41) is 11.4. The van der Waals surface area contributed by atoms with Gasteiger partial charge >= 0.3 is 5.97 Å². The molecular weight excluding hydrogens is 246 g/mol. The molecule has 0 aliphatic heterocycles. The molecule has 0 saturated carbocycles. The highest BCUT2D eigenvalue weighted by Crippen LogP contribution is 2.13. The first kappa shape index (κ1) is 15.2. The first-order chi connectivity index (χ1) is 9.13. The maximum absolute atomic E-state index is 11.8. The molecule has 1 rings (SSSR count). The van der Waals surface area contributed by atoms with Crippen LogP contribution in [0.2, 0.25) is 0 Å². The van der Waals surface area contributed by atoms with E-state index in [9.17, 15) is 9.59 Å². The minimum atomic E-state index is -0.415. The first-order valence-electron chi connectivity index (χ1n) is 6.31. The van der Waals surface area contributed by atoms with Gasteiger partial charge in [0.2, 0.25) is 0 Å². The van der Waals surface area contributed by atoms with Crippen LogP contribution >= 0.6 is 0 Å². The lowest BCUT2D eigenvalue weighted by Crippen LogP contribution is -2.24. The molecule has 104 valence electrons. The molecule has 1 aromatic carbocycles. The van der Waals surface area contributed by atoms with Crippen molar-refractivity contribution in [1.82, 2.24) is 5.32 Å². The van der Waals surface area contributed by atoms with Gasteiger partial charge in [0.05, 0.1) is 0 Å². The molecule has 0 saturated heterocycles. The fourth-order valence-electron chi connectivity index (χ4n) is 1.58. The standard InChI is InChI=1S/C14H19NO4/c1-11(17)19-13-7-5-6-12(10-13)14(18)15-8-3-2-4-9-16/h5-7,10,16H,2-4,8-9H2,1H3,(H,15,18). The molecule has 1 amide bonds. The Morgan fingerprint density at radius 3 is 2.74 bits per heavy atom. The molecule has 0 spiro atoms. The number of carbonyl (C=O) groups excluding carboxylic acids is 2. The van der Waals surface area contributed by atoms with Crippen LogP contribution in [0.15, 0.2) is 24.3 Å². The summed E-state index contributed by atoms with van der Waals surface area (Å²) in [5.41, 5.74) is 0.459. The number of aliphatic hydroxyl groups excluding tert-OH is 1. The Hall–Kier alpha value is -1.88. The average Bonchev–Trinajstić information content (AvgIpc) is 2.38. The number of hydrogen-bond donors (Lipinski definition) is 2. The van der Waals surface area contributed by atoms with Crippen molar-refractivity contribution in [2.24, 2.45) is 0 Å². The number of ether oxygens (including phenoxy) is 1. The molecular formula is C14H19NO4. The highest BCUT2D eigenvalue weighted by atomic mass is 16.5. The minimum absolute atomic E-state index is 0.179. The molecule has 0 heterocycles. The summed E-state index contributed by atoms with van der Waals surface area (Å²) in [6, 6.07) is 6.49. The van der Waals surface area contributed by atoms with Crippen LogP contribution in [0.1, 0.15) is 36.5 Å². The van der Waals surface area contributed by atoms with Gasteiger partial charge in [0.15, 0.2) is 0 Å². The molecule has 1 aromatic rings. The fourth-order valence-corrected chi connectivity index (χ4v) is 1.58. The van der Waals surface area contributed by atoms with E-state index in [0.717, 1.165) is 19.3 Å². The molecule has 0 aliphatic carbocycles. The number of unbranched alkanes of at least 4 members (excludes halogenated alkanes) is 2. The van der Waals surface area contributed by atoms with E-state index < -0.39 is 5.97 Å². The van der Waals surface area contributed by atoms with Crippen LogP contribution in [0.4, 0.5) is 0 Å². The molecule has 2 N–H and O–H groups in total. The van der Waals surface area contributed by atoms with Crippen molar-refractivity contribution >= 4 is 11.9 Å². The Bertz CT molecular complexity index is 431. The third kappa shape index (κ3) is 6.01. The van der Waals surface area contributed by atoms with Crippen LogP contribution in [-0.2, 0) is 4.79 Å². The maximum atomic E-state index is 11.8. The summed E-state index contributed by atoms with van der Waals surface area (Å²) >= 11 is 0. The van der Waals surface area contributed by atoms with Crippen molar-refractivity contribution in [3.63, 3.8) is 0 Å². The summed E-state index contributed by atoms with van der Waals surface area (Å²) in [6.07, 6.45) is 2.46. The highest BCUT2D eigenvalue weighted by molar-refractivity contribution is 5.94. The SMILES string of the molecule is CC(=O)Oc1cccc(C(=O)NCCCCCO)c1. The molecule has 0 aromatic heterocycles. The quantitative estimate of drug-likeness (QED) is 0.445. The predicted molar refractivity (Wildman–Crippen MR) is 71.0 cm³/mol. The number of nitrogens with one attached hydrogen (secondary N) is 1. The number of amides is 1. The lowest BCUT2D eigenvalue weighted by Gasteiger charge is -2.06. The molecule has 5 nitrogen and oxygen atoms in total. The zero-order valence-corrected chi connectivity index (χ0v) is 11.0. The van der Waals surface area contributed by atoms with Crippen molar-refractivity contribution in [1.29, 1.82) is 0 Å². The van der Waals surface area contributed by atoms with E-state index in [4.69, 9.17) is 9.84 Å². The van der Waals surface area contributed by atoms with E-state index in [1.54, 1.807) is 18.2 Å². The van der Waals surface area contributed by atoms with Gasteiger partial charge in [-0.25, -0.2) is 0 Å². The van der Waals surface area contributed by atoms with Crippen molar-refractivity contribution in [2.45, 2.75) is 26.2 Å².